The molecule has 82 valence electrons. The maximum atomic E-state index is 11.5. The van der Waals surface area contributed by atoms with Gasteiger partial charge in [-0.15, -0.1) is 0 Å². The third-order valence-corrected chi connectivity index (χ3v) is 2.95. The molecule has 4 nitrogen and oxygen atoms in total. The second kappa shape index (κ2) is 5.32. The van der Waals surface area contributed by atoms with Gasteiger partial charge in [0.05, 0.1) is 0 Å². The van der Waals surface area contributed by atoms with Crippen LogP contribution in [0.1, 0.15) is 25.7 Å². The lowest BCUT2D eigenvalue weighted by Crippen LogP contribution is -2.43. The van der Waals surface area contributed by atoms with Gasteiger partial charge in [-0.05, 0) is 25.7 Å². The molecule has 1 aliphatic carbocycles. The summed E-state index contributed by atoms with van der Waals surface area (Å²) in [7, 11) is 3.39. The van der Waals surface area contributed by atoms with E-state index in [2.05, 4.69) is 0 Å². The lowest BCUT2D eigenvalue weighted by molar-refractivity contribution is -0.136. The number of nitrogens with two attached hydrogens (primary N) is 1. The molecule has 2 N–H and O–H groups in total. The van der Waals surface area contributed by atoms with E-state index in [9.17, 15) is 4.79 Å². The van der Waals surface area contributed by atoms with Crippen LogP contribution >= 0.6 is 0 Å². The van der Waals surface area contributed by atoms with Gasteiger partial charge in [-0.2, -0.15) is 0 Å². The molecule has 1 rings (SSSR count). The Labute approximate surface area is 85.4 Å². The lowest BCUT2D eigenvalue weighted by atomic mass is 9.91. The number of methoxy groups -OCH3 is 1. The molecule has 1 aliphatic rings. The van der Waals surface area contributed by atoms with E-state index in [0.717, 1.165) is 25.7 Å². The maximum absolute atomic E-state index is 11.5. The maximum Gasteiger partial charge on any atom is 0.248 e. The molecule has 0 saturated heterocycles. The molecule has 0 aromatic carbocycles. The molecule has 1 fully saturated rings. The monoisotopic (exact) mass is 200 g/mol. The minimum absolute atomic E-state index is 0.0629. The Morgan fingerprint density at radius 3 is 2.50 bits per heavy atom. The van der Waals surface area contributed by atoms with E-state index in [4.69, 9.17) is 10.5 Å². The van der Waals surface area contributed by atoms with Gasteiger partial charge in [0, 0.05) is 26.2 Å². The minimum atomic E-state index is 0.0629. The summed E-state index contributed by atoms with van der Waals surface area (Å²) in [6.07, 6.45) is 4.09. The van der Waals surface area contributed by atoms with Crippen molar-refractivity contribution < 1.29 is 9.53 Å². The molecule has 0 radical (unpaired) electrons. The van der Waals surface area contributed by atoms with E-state index in [1.165, 1.54) is 0 Å². The average molecular weight is 200 g/mol. The van der Waals surface area contributed by atoms with E-state index in [-0.39, 0.29) is 12.5 Å². The van der Waals surface area contributed by atoms with Crippen molar-refractivity contribution in [2.75, 3.05) is 20.8 Å². The summed E-state index contributed by atoms with van der Waals surface area (Å²) in [5, 5.41) is 0. The predicted octanol–water partition coefficient (Wildman–Crippen LogP) is 0.361. The Hall–Kier alpha value is -0.610. The highest BCUT2D eigenvalue weighted by Crippen LogP contribution is 2.21. The number of rotatable bonds is 3. The molecule has 1 saturated carbocycles. The van der Waals surface area contributed by atoms with Gasteiger partial charge in [0.15, 0.2) is 0 Å². The van der Waals surface area contributed by atoms with Gasteiger partial charge in [0.1, 0.15) is 6.61 Å². The van der Waals surface area contributed by atoms with Crippen LogP contribution in [0.25, 0.3) is 0 Å². The summed E-state index contributed by atoms with van der Waals surface area (Å²) in [6, 6.07) is 0.689. The van der Waals surface area contributed by atoms with Gasteiger partial charge in [0.2, 0.25) is 5.91 Å². The number of hydrogen-bond acceptors (Lipinski definition) is 3. The van der Waals surface area contributed by atoms with Crippen LogP contribution in [-0.4, -0.2) is 43.7 Å². The van der Waals surface area contributed by atoms with Gasteiger partial charge >= 0.3 is 0 Å². The number of amides is 1. The van der Waals surface area contributed by atoms with E-state index < -0.39 is 0 Å². The topological polar surface area (TPSA) is 55.6 Å². The number of nitrogens with zero attached hydrogens (tertiary/aromatic N) is 1. The Morgan fingerprint density at radius 2 is 2.00 bits per heavy atom. The van der Waals surface area contributed by atoms with E-state index in [1.807, 2.05) is 7.05 Å². The zero-order chi connectivity index (χ0) is 10.6. The van der Waals surface area contributed by atoms with Crippen LogP contribution in [0.15, 0.2) is 0 Å². The van der Waals surface area contributed by atoms with Crippen LogP contribution in [-0.2, 0) is 9.53 Å². The third kappa shape index (κ3) is 2.96. The van der Waals surface area contributed by atoms with Gasteiger partial charge in [0.25, 0.3) is 0 Å². The number of hydrogen-bond donors (Lipinski definition) is 1. The number of ether oxygens (including phenoxy) is 1. The van der Waals surface area contributed by atoms with Crippen molar-refractivity contribution in [1.29, 1.82) is 0 Å². The first kappa shape index (κ1) is 11.5. The Morgan fingerprint density at radius 1 is 1.43 bits per heavy atom. The zero-order valence-electron chi connectivity index (χ0n) is 9.03. The molecule has 0 atom stereocenters. The van der Waals surface area contributed by atoms with Crippen LogP contribution in [0.5, 0.6) is 0 Å². The van der Waals surface area contributed by atoms with Crippen molar-refractivity contribution in [3.05, 3.63) is 0 Å². The second-order valence-electron chi connectivity index (χ2n) is 4.01. The zero-order valence-corrected chi connectivity index (χ0v) is 9.03. The molecule has 0 spiro atoms. The molecule has 0 aromatic rings. The third-order valence-electron chi connectivity index (χ3n) is 2.95. The summed E-state index contributed by atoms with van der Waals surface area (Å²) in [4.78, 5) is 13.3. The van der Waals surface area contributed by atoms with E-state index in [1.54, 1.807) is 12.0 Å². The van der Waals surface area contributed by atoms with Crippen molar-refractivity contribution in [1.82, 2.24) is 4.90 Å². The summed E-state index contributed by atoms with van der Waals surface area (Å²) < 4.78 is 4.82. The molecular formula is C10H20N2O2. The first-order valence-electron chi connectivity index (χ1n) is 5.15. The molecular weight excluding hydrogens is 180 g/mol. The highest BCUT2D eigenvalue weighted by molar-refractivity contribution is 5.77. The summed E-state index contributed by atoms with van der Waals surface area (Å²) in [5.74, 6) is 0.0629. The first-order chi connectivity index (χ1) is 6.65. The highest BCUT2D eigenvalue weighted by atomic mass is 16.5. The van der Waals surface area contributed by atoms with Crippen molar-refractivity contribution in [2.24, 2.45) is 5.73 Å². The highest BCUT2D eigenvalue weighted by Gasteiger charge is 2.24. The fraction of sp³-hybridized carbons (Fsp3) is 0.900. The molecule has 0 aliphatic heterocycles. The first-order valence-corrected chi connectivity index (χ1v) is 5.15. The minimum Gasteiger partial charge on any atom is -0.375 e. The molecule has 4 heteroatoms. The Balaban J connectivity index is 2.37. The SMILES string of the molecule is COCC(=O)N(C)C1CCC(N)CC1. The van der Waals surface area contributed by atoms with Gasteiger partial charge < -0.3 is 15.4 Å². The van der Waals surface area contributed by atoms with Crippen molar-refractivity contribution in [3.8, 4) is 0 Å². The van der Waals surface area contributed by atoms with Crippen molar-refractivity contribution in [3.63, 3.8) is 0 Å². The molecule has 0 unspecified atom stereocenters. The summed E-state index contributed by atoms with van der Waals surface area (Å²) >= 11 is 0. The standard InChI is InChI=1S/C10H20N2O2/c1-12(10(13)7-14-2)9-5-3-8(11)4-6-9/h8-9H,3-7,11H2,1-2H3. The second-order valence-corrected chi connectivity index (χ2v) is 4.01. The van der Waals surface area contributed by atoms with Crippen LogP contribution in [0.4, 0.5) is 0 Å². The molecule has 1 amide bonds. The quantitative estimate of drug-likeness (QED) is 0.715. The number of carbonyl (C=O) groups excluding carboxylic acids is 1. The van der Waals surface area contributed by atoms with Gasteiger partial charge in [-0.25, -0.2) is 0 Å². The Bertz CT molecular complexity index is 189. The largest absolute Gasteiger partial charge is 0.375 e. The van der Waals surface area contributed by atoms with E-state index in [0.29, 0.717) is 12.1 Å². The van der Waals surface area contributed by atoms with Gasteiger partial charge in [-0.3, -0.25) is 4.79 Å². The summed E-state index contributed by atoms with van der Waals surface area (Å²) in [6.45, 7) is 0.180. The molecule has 0 aromatic heterocycles. The smallest absolute Gasteiger partial charge is 0.248 e. The normalized spacial score (nSPS) is 27.4. The van der Waals surface area contributed by atoms with E-state index >= 15 is 0 Å². The van der Waals surface area contributed by atoms with Crippen molar-refractivity contribution >= 4 is 5.91 Å². The lowest BCUT2D eigenvalue weighted by Gasteiger charge is -2.33. The predicted molar refractivity (Wildman–Crippen MR) is 54.9 cm³/mol. The molecule has 0 heterocycles. The fourth-order valence-corrected chi connectivity index (χ4v) is 1.92. The van der Waals surface area contributed by atoms with Crippen LogP contribution in [0.2, 0.25) is 0 Å². The Kier molecular flexibility index (Phi) is 4.35. The summed E-state index contributed by atoms with van der Waals surface area (Å²) in [5.41, 5.74) is 5.80. The molecule has 14 heavy (non-hydrogen) atoms. The van der Waals surface area contributed by atoms with Crippen molar-refractivity contribution in [2.45, 2.75) is 37.8 Å². The molecule has 0 bridgehead atoms. The fourth-order valence-electron chi connectivity index (χ4n) is 1.92. The number of likely N-dealkylation sites (N-methyl/N-ethyl adjacent to an activating group) is 1. The average Bonchev–Trinajstić information content (AvgIpc) is 2.18. The van der Waals surface area contributed by atoms with Gasteiger partial charge in [-0.1, -0.05) is 0 Å². The van der Waals surface area contributed by atoms with Crippen LogP contribution in [0.3, 0.4) is 0 Å². The van der Waals surface area contributed by atoms with Crippen LogP contribution in [0, 0.1) is 0 Å². The van der Waals surface area contributed by atoms with Crippen LogP contribution < -0.4 is 5.73 Å². The number of carbonyl (C=O) groups is 1.